The van der Waals surface area contributed by atoms with Crippen molar-refractivity contribution in [2.45, 2.75) is 6.92 Å². The van der Waals surface area contributed by atoms with E-state index in [1.807, 2.05) is 25.1 Å². The van der Waals surface area contributed by atoms with Crippen molar-refractivity contribution in [3.63, 3.8) is 0 Å². The number of hydrogen-bond donors (Lipinski definition) is 0. The van der Waals surface area contributed by atoms with Gasteiger partial charge in [-0.1, -0.05) is 11.6 Å². The van der Waals surface area contributed by atoms with Crippen molar-refractivity contribution in [1.29, 1.82) is 0 Å². The molecule has 0 aliphatic carbocycles. The molecule has 0 fully saturated rings. The lowest BCUT2D eigenvalue weighted by atomic mass is 10.2. The van der Waals surface area contributed by atoms with E-state index in [9.17, 15) is 0 Å². The van der Waals surface area contributed by atoms with Gasteiger partial charge in [-0.2, -0.15) is 9.97 Å². The number of aromatic nitrogens is 2. The second-order valence-electron chi connectivity index (χ2n) is 3.24. The van der Waals surface area contributed by atoms with E-state index in [1.54, 1.807) is 7.11 Å². The summed E-state index contributed by atoms with van der Waals surface area (Å²) in [6, 6.07) is 6.24. The third-order valence-corrected chi connectivity index (χ3v) is 2.17. The van der Waals surface area contributed by atoms with Gasteiger partial charge in [0.1, 0.15) is 0 Å². The zero-order valence-electron chi connectivity index (χ0n) is 8.94. The molecule has 0 radical (unpaired) electrons. The van der Waals surface area contributed by atoms with Gasteiger partial charge >= 0.3 is 6.01 Å². The van der Waals surface area contributed by atoms with Crippen LogP contribution in [0.5, 0.6) is 11.9 Å². The first-order valence-electron chi connectivity index (χ1n) is 4.61. The van der Waals surface area contributed by atoms with Crippen molar-refractivity contribution in [1.82, 2.24) is 9.97 Å². The molecule has 0 aliphatic rings. The highest BCUT2D eigenvalue weighted by Gasteiger charge is 2.07. The van der Waals surface area contributed by atoms with Gasteiger partial charge in [0.05, 0.1) is 25.1 Å². The van der Waals surface area contributed by atoms with Crippen molar-refractivity contribution >= 4 is 10.9 Å². The molecular formula is C11H12N2O2. The number of fused-ring (bicyclic) bond motifs is 1. The second-order valence-corrected chi connectivity index (χ2v) is 3.24. The van der Waals surface area contributed by atoms with Crippen LogP contribution in [-0.4, -0.2) is 24.2 Å². The van der Waals surface area contributed by atoms with Crippen LogP contribution in [0.4, 0.5) is 0 Å². The predicted molar refractivity (Wildman–Crippen MR) is 57.4 cm³/mol. The number of aryl methyl sites for hydroxylation is 1. The van der Waals surface area contributed by atoms with Crippen molar-refractivity contribution < 1.29 is 9.47 Å². The highest BCUT2D eigenvalue weighted by atomic mass is 16.5. The van der Waals surface area contributed by atoms with Gasteiger partial charge in [0.15, 0.2) is 0 Å². The lowest BCUT2D eigenvalue weighted by Crippen LogP contribution is -1.97. The van der Waals surface area contributed by atoms with E-state index < -0.39 is 0 Å². The molecule has 4 heteroatoms. The van der Waals surface area contributed by atoms with Crippen LogP contribution in [0.1, 0.15) is 5.56 Å². The number of nitrogens with zero attached hydrogens (tertiary/aromatic N) is 2. The zero-order valence-corrected chi connectivity index (χ0v) is 8.94. The molecule has 0 bridgehead atoms. The third kappa shape index (κ3) is 1.70. The first kappa shape index (κ1) is 9.71. The maximum Gasteiger partial charge on any atom is 0.320 e. The molecule has 15 heavy (non-hydrogen) atoms. The Bertz CT molecular complexity index is 497. The second kappa shape index (κ2) is 3.73. The molecule has 2 rings (SSSR count). The number of ether oxygens (including phenoxy) is 2. The molecule has 2 aromatic rings. The summed E-state index contributed by atoms with van der Waals surface area (Å²) in [6.45, 7) is 2.02. The van der Waals surface area contributed by atoms with Crippen LogP contribution < -0.4 is 9.47 Å². The van der Waals surface area contributed by atoms with Gasteiger partial charge in [-0.25, -0.2) is 0 Å². The summed E-state index contributed by atoms with van der Waals surface area (Å²) in [7, 11) is 3.12. The molecular weight excluding hydrogens is 192 g/mol. The lowest BCUT2D eigenvalue weighted by Gasteiger charge is -2.06. The van der Waals surface area contributed by atoms with Gasteiger partial charge in [0.25, 0.3) is 0 Å². The van der Waals surface area contributed by atoms with Crippen LogP contribution >= 0.6 is 0 Å². The summed E-state index contributed by atoms with van der Waals surface area (Å²) >= 11 is 0. The molecule has 1 heterocycles. The van der Waals surface area contributed by atoms with Crippen molar-refractivity contribution in [2.24, 2.45) is 0 Å². The van der Waals surface area contributed by atoms with Crippen LogP contribution in [0.15, 0.2) is 18.2 Å². The fourth-order valence-electron chi connectivity index (χ4n) is 1.44. The van der Waals surface area contributed by atoms with Gasteiger partial charge in [0, 0.05) is 0 Å². The largest absolute Gasteiger partial charge is 0.480 e. The molecule has 4 nitrogen and oxygen atoms in total. The molecule has 0 atom stereocenters. The number of hydrogen-bond acceptors (Lipinski definition) is 4. The molecule has 0 N–H and O–H groups in total. The topological polar surface area (TPSA) is 44.2 Å². The standard InChI is InChI=1S/C11H12N2O2/c1-7-4-5-9-8(6-7)10(14-2)13-11(12-9)15-3/h4-6H,1-3H3. The van der Waals surface area contributed by atoms with E-state index >= 15 is 0 Å². The van der Waals surface area contributed by atoms with Gasteiger partial charge < -0.3 is 9.47 Å². The van der Waals surface area contributed by atoms with Crippen LogP contribution in [0.3, 0.4) is 0 Å². The van der Waals surface area contributed by atoms with E-state index in [-0.39, 0.29) is 0 Å². The van der Waals surface area contributed by atoms with Gasteiger partial charge in [0.2, 0.25) is 5.88 Å². The molecule has 1 aromatic heterocycles. The summed E-state index contributed by atoms with van der Waals surface area (Å²) in [4.78, 5) is 8.35. The van der Waals surface area contributed by atoms with Crippen LogP contribution in [-0.2, 0) is 0 Å². The Morgan fingerprint density at radius 3 is 2.53 bits per heavy atom. The number of benzene rings is 1. The van der Waals surface area contributed by atoms with E-state index in [4.69, 9.17) is 9.47 Å². The minimum Gasteiger partial charge on any atom is -0.480 e. The minimum atomic E-state index is 0.322. The Hall–Kier alpha value is -1.84. The zero-order chi connectivity index (χ0) is 10.8. The van der Waals surface area contributed by atoms with Crippen molar-refractivity contribution in [2.75, 3.05) is 14.2 Å². The summed E-state index contributed by atoms with van der Waals surface area (Å²) in [5.74, 6) is 0.542. The molecule has 0 amide bonds. The highest BCUT2D eigenvalue weighted by molar-refractivity contribution is 5.84. The molecule has 0 saturated heterocycles. The summed E-state index contributed by atoms with van der Waals surface area (Å²) < 4.78 is 10.2. The maximum absolute atomic E-state index is 5.19. The Kier molecular flexibility index (Phi) is 2.41. The van der Waals surface area contributed by atoms with Crippen LogP contribution in [0.2, 0.25) is 0 Å². The average Bonchev–Trinajstić information content (AvgIpc) is 2.27. The lowest BCUT2D eigenvalue weighted by molar-refractivity contribution is 0.357. The minimum absolute atomic E-state index is 0.322. The fourth-order valence-corrected chi connectivity index (χ4v) is 1.44. The molecule has 0 spiro atoms. The molecule has 78 valence electrons. The predicted octanol–water partition coefficient (Wildman–Crippen LogP) is 1.96. The first-order chi connectivity index (χ1) is 7.24. The molecule has 0 aliphatic heterocycles. The van der Waals surface area contributed by atoms with Gasteiger partial charge in [-0.3, -0.25) is 0 Å². The van der Waals surface area contributed by atoms with E-state index in [0.717, 1.165) is 16.5 Å². The Morgan fingerprint density at radius 1 is 1.07 bits per heavy atom. The quantitative estimate of drug-likeness (QED) is 0.750. The van der Waals surface area contributed by atoms with Crippen molar-refractivity contribution in [3.8, 4) is 11.9 Å². The van der Waals surface area contributed by atoms with Gasteiger partial charge in [-0.05, 0) is 19.1 Å². The summed E-state index contributed by atoms with van der Waals surface area (Å²) in [6.07, 6.45) is 0. The van der Waals surface area contributed by atoms with E-state index in [0.29, 0.717) is 11.9 Å². The third-order valence-electron chi connectivity index (χ3n) is 2.17. The monoisotopic (exact) mass is 204 g/mol. The van der Waals surface area contributed by atoms with E-state index in [2.05, 4.69) is 9.97 Å². The summed E-state index contributed by atoms with van der Waals surface area (Å²) in [5, 5.41) is 0.901. The van der Waals surface area contributed by atoms with Crippen LogP contribution in [0.25, 0.3) is 10.9 Å². The van der Waals surface area contributed by atoms with Gasteiger partial charge in [-0.15, -0.1) is 0 Å². The SMILES string of the molecule is COc1nc(OC)c2cc(C)ccc2n1. The van der Waals surface area contributed by atoms with Crippen LogP contribution in [0, 0.1) is 6.92 Å². The maximum atomic E-state index is 5.19. The number of rotatable bonds is 2. The highest BCUT2D eigenvalue weighted by Crippen LogP contribution is 2.25. The normalized spacial score (nSPS) is 10.3. The number of methoxy groups -OCH3 is 2. The summed E-state index contributed by atoms with van der Waals surface area (Å²) in [5.41, 5.74) is 1.97. The molecule has 0 unspecified atom stereocenters. The van der Waals surface area contributed by atoms with Crippen molar-refractivity contribution in [3.05, 3.63) is 23.8 Å². The van der Waals surface area contributed by atoms with E-state index in [1.165, 1.54) is 7.11 Å². The fraction of sp³-hybridized carbons (Fsp3) is 0.273. The average molecular weight is 204 g/mol. The Balaban J connectivity index is 2.75. The smallest absolute Gasteiger partial charge is 0.320 e. The molecule has 1 aromatic carbocycles. The Morgan fingerprint density at radius 2 is 1.87 bits per heavy atom. The Labute approximate surface area is 87.9 Å². The molecule has 0 saturated carbocycles. The first-order valence-corrected chi connectivity index (χ1v) is 4.61.